The molecule has 0 unspecified atom stereocenters. The lowest BCUT2D eigenvalue weighted by Crippen LogP contribution is -2.18. The Labute approximate surface area is 141 Å². The highest BCUT2D eigenvalue weighted by molar-refractivity contribution is 9.10. The van der Waals surface area contributed by atoms with E-state index in [4.69, 9.17) is 29.6 Å². The van der Waals surface area contributed by atoms with Crippen molar-refractivity contribution in [3.63, 3.8) is 0 Å². The van der Waals surface area contributed by atoms with Crippen LogP contribution in [0.5, 0.6) is 0 Å². The van der Waals surface area contributed by atoms with E-state index in [1.54, 1.807) is 30.3 Å². The summed E-state index contributed by atoms with van der Waals surface area (Å²) in [5.74, 6) is 0. The van der Waals surface area contributed by atoms with Gasteiger partial charge in [-0.25, -0.2) is 8.42 Å². The molecule has 0 aliphatic heterocycles. The Bertz CT molecular complexity index is 810. The fraction of sp³-hybridized carbons (Fsp3) is 0. The quantitative estimate of drug-likeness (QED) is 0.763. The van der Waals surface area contributed by atoms with Gasteiger partial charge in [0.1, 0.15) is 9.88 Å². The summed E-state index contributed by atoms with van der Waals surface area (Å²) in [7, 11) is -3.79. The van der Waals surface area contributed by atoms with E-state index in [9.17, 15) is 8.42 Å². The van der Waals surface area contributed by atoms with Crippen molar-refractivity contribution < 1.29 is 8.42 Å². The average molecular weight is 406 g/mol. The molecule has 3 N–H and O–H groups in total. The van der Waals surface area contributed by atoms with Crippen LogP contribution in [0, 0.1) is 0 Å². The molecule has 110 valence electrons. The maximum Gasteiger partial charge on any atom is 0.263 e. The van der Waals surface area contributed by atoms with Gasteiger partial charge < -0.3 is 5.73 Å². The Hall–Kier alpha value is -1.15. The van der Waals surface area contributed by atoms with Gasteiger partial charge in [0.25, 0.3) is 10.0 Å². The molecule has 0 aliphatic rings. The Morgan fingerprint density at radius 2 is 1.90 bits per heavy atom. The smallest absolute Gasteiger partial charge is 0.263 e. The molecule has 0 aliphatic carbocycles. The van der Waals surface area contributed by atoms with Crippen LogP contribution in [0.4, 0.5) is 5.69 Å². The molecule has 0 heterocycles. The van der Waals surface area contributed by atoms with E-state index < -0.39 is 10.0 Å². The predicted molar refractivity (Wildman–Crippen MR) is 92.3 cm³/mol. The molecule has 2 aromatic carbocycles. The van der Waals surface area contributed by atoms with E-state index in [1.807, 2.05) is 0 Å². The maximum atomic E-state index is 12.4. The van der Waals surface area contributed by atoms with Gasteiger partial charge in [-0.1, -0.05) is 36.0 Å². The molecule has 0 radical (unpaired) electrons. The average Bonchev–Trinajstić information content (AvgIpc) is 2.38. The number of rotatable bonds is 4. The van der Waals surface area contributed by atoms with Crippen molar-refractivity contribution in [1.82, 2.24) is 0 Å². The van der Waals surface area contributed by atoms with E-state index in [0.717, 1.165) is 0 Å². The van der Waals surface area contributed by atoms with Crippen molar-refractivity contribution in [2.24, 2.45) is 5.73 Å². The molecule has 8 heteroatoms. The minimum Gasteiger partial charge on any atom is -0.389 e. The van der Waals surface area contributed by atoms with Crippen LogP contribution in [0.1, 0.15) is 5.56 Å². The monoisotopic (exact) mass is 404 g/mol. The van der Waals surface area contributed by atoms with Crippen LogP contribution in [0.3, 0.4) is 0 Å². The van der Waals surface area contributed by atoms with Crippen molar-refractivity contribution in [1.29, 1.82) is 0 Å². The van der Waals surface area contributed by atoms with Crippen LogP contribution in [-0.4, -0.2) is 13.4 Å². The van der Waals surface area contributed by atoms with Gasteiger partial charge in [-0.3, -0.25) is 4.72 Å². The minimum absolute atomic E-state index is 0.0801. The van der Waals surface area contributed by atoms with Crippen molar-refractivity contribution in [2.75, 3.05) is 4.72 Å². The molecule has 0 spiro atoms. The zero-order chi connectivity index (χ0) is 15.6. The maximum absolute atomic E-state index is 12.4. The molecule has 0 aromatic heterocycles. The lowest BCUT2D eigenvalue weighted by Gasteiger charge is -2.13. The largest absolute Gasteiger partial charge is 0.389 e. The van der Waals surface area contributed by atoms with E-state index in [2.05, 4.69) is 20.7 Å². The first kappa shape index (κ1) is 16.2. The summed E-state index contributed by atoms with van der Waals surface area (Å²) in [6.07, 6.45) is 0. The molecule has 0 saturated heterocycles. The van der Waals surface area contributed by atoms with E-state index >= 15 is 0 Å². The molecule has 0 atom stereocenters. The summed E-state index contributed by atoms with van der Waals surface area (Å²) in [6.45, 7) is 0. The van der Waals surface area contributed by atoms with Crippen molar-refractivity contribution >= 4 is 60.4 Å². The molecule has 0 bridgehead atoms. The number of nitrogens with two attached hydrogens (primary N) is 1. The number of halogens is 2. The van der Waals surface area contributed by atoms with Gasteiger partial charge in [-0.05, 0) is 46.3 Å². The summed E-state index contributed by atoms with van der Waals surface area (Å²) in [5.41, 5.74) is 6.25. The summed E-state index contributed by atoms with van der Waals surface area (Å²) < 4.78 is 27.8. The summed E-state index contributed by atoms with van der Waals surface area (Å²) in [4.78, 5) is 0.190. The third-order valence-electron chi connectivity index (χ3n) is 2.62. The van der Waals surface area contributed by atoms with E-state index in [0.29, 0.717) is 15.1 Å². The van der Waals surface area contributed by atoms with Crippen LogP contribution in [0.2, 0.25) is 5.02 Å². The number of benzene rings is 2. The fourth-order valence-corrected chi connectivity index (χ4v) is 4.10. The standard InChI is InChI=1S/C13H10BrClN2O2S2/c14-10-3-1-2-4-12(10)21(18,19)17-11-7-8(15)5-6-9(11)13(16)20/h1-7,17H,(H2,16,20). The first-order chi connectivity index (χ1) is 9.81. The first-order valence-corrected chi connectivity index (χ1v) is 8.74. The third-order valence-corrected chi connectivity index (χ3v) is 5.45. The molecular formula is C13H10BrClN2O2S2. The second-order valence-electron chi connectivity index (χ2n) is 4.09. The van der Waals surface area contributed by atoms with E-state index in [1.165, 1.54) is 12.1 Å². The third kappa shape index (κ3) is 3.74. The van der Waals surface area contributed by atoms with Gasteiger partial charge in [0, 0.05) is 15.1 Å². The number of thiocarbonyl (C=S) groups is 1. The van der Waals surface area contributed by atoms with Gasteiger partial charge in [-0.15, -0.1) is 0 Å². The van der Waals surface area contributed by atoms with Crippen molar-refractivity contribution in [3.05, 3.63) is 57.5 Å². The Kier molecular flexibility index (Phi) is 4.88. The van der Waals surface area contributed by atoms with Crippen LogP contribution in [-0.2, 0) is 10.0 Å². The molecule has 0 saturated carbocycles. The number of nitrogens with one attached hydrogen (secondary N) is 1. The van der Waals surface area contributed by atoms with Crippen molar-refractivity contribution in [2.45, 2.75) is 4.90 Å². The van der Waals surface area contributed by atoms with Crippen LogP contribution in [0.15, 0.2) is 51.8 Å². The molecule has 0 fully saturated rings. The highest BCUT2D eigenvalue weighted by Gasteiger charge is 2.19. The van der Waals surface area contributed by atoms with Crippen molar-refractivity contribution in [3.8, 4) is 0 Å². The van der Waals surface area contributed by atoms with Gasteiger partial charge >= 0.3 is 0 Å². The van der Waals surface area contributed by atoms with Gasteiger partial charge in [0.15, 0.2) is 0 Å². The van der Waals surface area contributed by atoms with Gasteiger partial charge in [-0.2, -0.15) is 0 Å². The molecular weight excluding hydrogens is 396 g/mol. The minimum atomic E-state index is -3.79. The molecule has 21 heavy (non-hydrogen) atoms. The first-order valence-electron chi connectivity index (χ1n) is 5.68. The number of anilines is 1. The second-order valence-corrected chi connectivity index (χ2v) is 7.47. The second kappa shape index (κ2) is 6.31. The zero-order valence-corrected chi connectivity index (χ0v) is 14.5. The summed E-state index contributed by atoms with van der Waals surface area (Å²) in [5, 5.41) is 0.375. The molecule has 0 amide bonds. The molecule has 2 rings (SSSR count). The fourth-order valence-electron chi connectivity index (χ4n) is 1.68. The predicted octanol–water partition coefficient (Wildman–Crippen LogP) is 3.54. The summed E-state index contributed by atoms with van der Waals surface area (Å²) in [6, 6.07) is 11.1. The topological polar surface area (TPSA) is 72.2 Å². The Morgan fingerprint density at radius 3 is 2.52 bits per heavy atom. The lowest BCUT2D eigenvalue weighted by atomic mass is 10.2. The van der Waals surface area contributed by atoms with Gasteiger partial charge in [0.2, 0.25) is 0 Å². The normalized spacial score (nSPS) is 11.1. The highest BCUT2D eigenvalue weighted by atomic mass is 79.9. The van der Waals surface area contributed by atoms with Crippen LogP contribution in [0.25, 0.3) is 0 Å². The van der Waals surface area contributed by atoms with Crippen LogP contribution < -0.4 is 10.5 Å². The number of hydrogen-bond acceptors (Lipinski definition) is 3. The van der Waals surface area contributed by atoms with E-state index in [-0.39, 0.29) is 15.6 Å². The van der Waals surface area contributed by atoms with Crippen LogP contribution >= 0.6 is 39.7 Å². The summed E-state index contributed by atoms with van der Waals surface area (Å²) >= 11 is 14.0. The Morgan fingerprint density at radius 1 is 1.24 bits per heavy atom. The highest BCUT2D eigenvalue weighted by Crippen LogP contribution is 2.27. The number of sulfonamides is 1. The lowest BCUT2D eigenvalue weighted by molar-refractivity contribution is 0.601. The van der Waals surface area contributed by atoms with Gasteiger partial charge in [0.05, 0.1) is 5.69 Å². The number of hydrogen-bond donors (Lipinski definition) is 2. The molecule has 4 nitrogen and oxygen atoms in total. The molecule has 2 aromatic rings. The Balaban J connectivity index is 2.49. The zero-order valence-electron chi connectivity index (χ0n) is 10.5. The SMILES string of the molecule is NC(=S)c1ccc(Cl)cc1NS(=O)(=O)c1ccccc1Br.